The Balaban J connectivity index is 2.08. The number of carbonyl (C=O) groups is 2. The number of ether oxygens (including phenoxy) is 6. The Kier molecular flexibility index (Phi) is 15.3. The quantitative estimate of drug-likeness (QED) is 0.337. The number of carbonyl (C=O) groups excluding carboxylic acids is 2. The van der Waals surface area contributed by atoms with Crippen molar-refractivity contribution in [3.63, 3.8) is 0 Å². The Labute approximate surface area is 288 Å². The van der Waals surface area contributed by atoms with Gasteiger partial charge in [-0.05, 0) is 60.0 Å². The molecule has 12 nitrogen and oxygen atoms in total. The number of hydrogen-bond donors (Lipinski definition) is 3. The van der Waals surface area contributed by atoms with Crippen LogP contribution in [0.5, 0.6) is 0 Å². The van der Waals surface area contributed by atoms with E-state index < -0.39 is 97.0 Å². The minimum atomic E-state index is -1.01. The number of ketones is 1. The van der Waals surface area contributed by atoms with E-state index in [-0.39, 0.29) is 30.3 Å². The first-order valence-corrected chi connectivity index (χ1v) is 18.0. The molecular weight excluding hydrogens is 622 g/mol. The summed E-state index contributed by atoms with van der Waals surface area (Å²) in [6.07, 6.45) is -6.15. The maximum absolute atomic E-state index is 14.0. The molecule has 2 unspecified atom stereocenters. The molecule has 0 saturated carbocycles. The standard InChI is InChI=1S/C36H65NO11/c1-13-26-20(5)30(39)21(6)29(38)17(2)14-18(3)33(48-36-32(41)25(37(10)11)15-19(4)44-36)22(7)34(23(8)35(42)46-26)47-28-16-27(43-12)31(40)24(9)45-28/h17-28,30-34,36,39-41H,13-16H2,1-12H3/t17-,18+,19-,20+,21+,22-,23-,24+,25+,26?,27-,28+,30+,31+,32-,33+,34?,36+/m1/s1. The zero-order chi connectivity index (χ0) is 36.2. The molecule has 0 aromatic carbocycles. The molecule has 12 heteroatoms. The number of likely N-dealkylation sites (N-methyl/N-ethyl adjacent to an activating group) is 1. The van der Waals surface area contributed by atoms with Crippen molar-refractivity contribution in [2.75, 3.05) is 21.2 Å². The first-order chi connectivity index (χ1) is 22.4. The second-order valence-electron chi connectivity index (χ2n) is 15.2. The van der Waals surface area contributed by atoms with Crippen molar-refractivity contribution in [3.05, 3.63) is 0 Å². The van der Waals surface area contributed by atoms with Crippen molar-refractivity contribution in [3.8, 4) is 0 Å². The molecule has 18 atom stereocenters. The molecule has 3 aliphatic heterocycles. The van der Waals surface area contributed by atoms with E-state index in [0.29, 0.717) is 19.3 Å². The van der Waals surface area contributed by atoms with Crippen LogP contribution in [-0.2, 0) is 38.0 Å². The van der Waals surface area contributed by atoms with Crippen molar-refractivity contribution >= 4 is 11.8 Å². The van der Waals surface area contributed by atoms with Crippen molar-refractivity contribution < 1.29 is 53.3 Å². The molecule has 0 aromatic rings. The minimum absolute atomic E-state index is 0.0731. The molecule has 48 heavy (non-hydrogen) atoms. The van der Waals surface area contributed by atoms with Crippen LogP contribution in [-0.4, -0.2) is 127 Å². The Morgan fingerprint density at radius 1 is 0.792 bits per heavy atom. The molecular formula is C36H65NO11. The van der Waals surface area contributed by atoms with Crippen LogP contribution < -0.4 is 0 Å². The molecule has 0 radical (unpaired) electrons. The molecule has 0 aromatic heterocycles. The van der Waals surface area contributed by atoms with Gasteiger partial charge < -0.3 is 48.6 Å². The van der Waals surface area contributed by atoms with Crippen LogP contribution in [0.4, 0.5) is 0 Å². The van der Waals surface area contributed by atoms with E-state index >= 15 is 0 Å². The van der Waals surface area contributed by atoms with Crippen molar-refractivity contribution in [2.45, 2.75) is 162 Å². The molecule has 0 amide bonds. The van der Waals surface area contributed by atoms with E-state index in [1.54, 1.807) is 20.8 Å². The second kappa shape index (κ2) is 17.8. The number of nitrogens with zero attached hydrogens (tertiary/aromatic N) is 1. The lowest BCUT2D eigenvalue weighted by Crippen LogP contribution is -2.57. The fourth-order valence-electron chi connectivity index (χ4n) is 8.03. The highest BCUT2D eigenvalue weighted by atomic mass is 16.7. The number of cyclic esters (lactones) is 1. The number of methoxy groups -OCH3 is 1. The topological polar surface area (TPSA) is 153 Å². The average Bonchev–Trinajstić information content (AvgIpc) is 3.04. The number of esters is 1. The summed E-state index contributed by atoms with van der Waals surface area (Å²) in [5, 5.41) is 33.3. The summed E-state index contributed by atoms with van der Waals surface area (Å²) in [6.45, 7) is 16.7. The van der Waals surface area contributed by atoms with Crippen molar-refractivity contribution in [1.82, 2.24) is 4.90 Å². The van der Waals surface area contributed by atoms with Gasteiger partial charge in [0.25, 0.3) is 0 Å². The Morgan fingerprint density at radius 3 is 2.02 bits per heavy atom. The Bertz CT molecular complexity index is 1030. The molecule has 0 bridgehead atoms. The summed E-state index contributed by atoms with van der Waals surface area (Å²) in [5.74, 6) is -3.66. The van der Waals surface area contributed by atoms with Crippen LogP contribution >= 0.6 is 0 Å². The van der Waals surface area contributed by atoms with E-state index in [0.717, 1.165) is 0 Å². The molecule has 3 fully saturated rings. The highest BCUT2D eigenvalue weighted by molar-refractivity contribution is 5.83. The van der Waals surface area contributed by atoms with Gasteiger partial charge in [-0.25, -0.2) is 0 Å². The van der Waals surface area contributed by atoms with Gasteiger partial charge in [-0.15, -0.1) is 0 Å². The molecule has 3 heterocycles. The van der Waals surface area contributed by atoms with Crippen LogP contribution in [0.1, 0.15) is 88.0 Å². The van der Waals surface area contributed by atoms with Gasteiger partial charge in [0.2, 0.25) is 0 Å². The molecule has 3 N–H and O–H groups in total. The normalized spacial score (nSPS) is 47.4. The SMILES string of the molecule is CCC1OC(=O)[C@H](C)C(O[C@H]2C[C@@H](OC)[C@@H](O)[C@H](C)O2)[C@H](C)[C@@H](O[C@@H]2O[C@H](C)C[C@H](N(C)C)[C@H]2O)[C@@H](C)C[C@@H](C)C(=O)[C@H](C)[C@@H](O)[C@H]1C. The molecule has 0 aliphatic carbocycles. The maximum atomic E-state index is 14.0. The zero-order valence-electron chi connectivity index (χ0n) is 31.3. The lowest BCUT2D eigenvalue weighted by atomic mass is 9.76. The summed E-state index contributed by atoms with van der Waals surface area (Å²) < 4.78 is 37.3. The minimum Gasteiger partial charge on any atom is -0.462 e. The summed E-state index contributed by atoms with van der Waals surface area (Å²) in [4.78, 5) is 29.6. The van der Waals surface area contributed by atoms with Crippen LogP contribution in [0.25, 0.3) is 0 Å². The Morgan fingerprint density at radius 2 is 1.44 bits per heavy atom. The molecule has 3 rings (SSSR count). The largest absolute Gasteiger partial charge is 0.462 e. The third-order valence-electron chi connectivity index (χ3n) is 11.3. The highest BCUT2D eigenvalue weighted by Gasteiger charge is 2.47. The number of aliphatic hydroxyl groups is 3. The van der Waals surface area contributed by atoms with E-state index in [9.17, 15) is 24.9 Å². The van der Waals surface area contributed by atoms with Crippen LogP contribution in [0.3, 0.4) is 0 Å². The first kappa shape index (κ1) is 41.2. The van der Waals surface area contributed by atoms with Gasteiger partial charge in [-0.3, -0.25) is 9.59 Å². The smallest absolute Gasteiger partial charge is 0.311 e. The number of hydrogen-bond acceptors (Lipinski definition) is 12. The van der Waals surface area contributed by atoms with Crippen molar-refractivity contribution in [1.29, 1.82) is 0 Å². The van der Waals surface area contributed by atoms with E-state index in [1.807, 2.05) is 60.5 Å². The summed E-state index contributed by atoms with van der Waals surface area (Å²) in [5.41, 5.74) is 0. The number of Topliss-reactive ketones (excluding diaryl/α,β-unsaturated/α-hetero) is 1. The predicted molar refractivity (Wildman–Crippen MR) is 179 cm³/mol. The van der Waals surface area contributed by atoms with Gasteiger partial charge in [0.05, 0.1) is 42.5 Å². The van der Waals surface area contributed by atoms with Gasteiger partial charge in [-0.2, -0.15) is 0 Å². The van der Waals surface area contributed by atoms with Gasteiger partial charge in [0.1, 0.15) is 24.1 Å². The molecule has 280 valence electrons. The third-order valence-corrected chi connectivity index (χ3v) is 11.3. The second-order valence-corrected chi connectivity index (χ2v) is 15.2. The van der Waals surface area contributed by atoms with Crippen LogP contribution in [0.15, 0.2) is 0 Å². The van der Waals surface area contributed by atoms with Gasteiger partial charge in [0, 0.05) is 43.2 Å². The fourth-order valence-corrected chi connectivity index (χ4v) is 8.03. The fraction of sp³-hybridized carbons (Fsp3) is 0.944. The van der Waals surface area contributed by atoms with Crippen LogP contribution in [0.2, 0.25) is 0 Å². The van der Waals surface area contributed by atoms with Gasteiger partial charge >= 0.3 is 5.97 Å². The van der Waals surface area contributed by atoms with Gasteiger partial charge in [0.15, 0.2) is 12.6 Å². The molecule has 0 spiro atoms. The van der Waals surface area contributed by atoms with Crippen LogP contribution in [0, 0.1) is 35.5 Å². The summed E-state index contributed by atoms with van der Waals surface area (Å²) in [6, 6.07) is -0.200. The van der Waals surface area contributed by atoms with E-state index in [4.69, 9.17) is 28.4 Å². The maximum Gasteiger partial charge on any atom is 0.311 e. The predicted octanol–water partition coefficient (Wildman–Crippen LogP) is 3.17. The monoisotopic (exact) mass is 687 g/mol. The highest BCUT2D eigenvalue weighted by Crippen LogP contribution is 2.37. The Hall–Kier alpha value is -1.22. The lowest BCUT2D eigenvalue weighted by molar-refractivity contribution is -0.299. The molecule has 3 saturated heterocycles. The molecule has 3 aliphatic rings. The number of aliphatic hydroxyl groups excluding tert-OH is 3. The van der Waals surface area contributed by atoms with E-state index in [2.05, 4.69) is 0 Å². The zero-order valence-corrected chi connectivity index (χ0v) is 31.3. The number of rotatable bonds is 7. The first-order valence-electron chi connectivity index (χ1n) is 18.0. The van der Waals surface area contributed by atoms with E-state index in [1.165, 1.54) is 7.11 Å². The third kappa shape index (κ3) is 9.55. The summed E-state index contributed by atoms with van der Waals surface area (Å²) in [7, 11) is 5.35. The average molecular weight is 688 g/mol. The van der Waals surface area contributed by atoms with Gasteiger partial charge in [-0.1, -0.05) is 41.5 Å². The van der Waals surface area contributed by atoms with Crippen molar-refractivity contribution in [2.24, 2.45) is 35.5 Å². The summed E-state index contributed by atoms with van der Waals surface area (Å²) >= 11 is 0. The lowest BCUT2D eigenvalue weighted by Gasteiger charge is -2.46.